The molecule has 1 aliphatic rings. The highest BCUT2D eigenvalue weighted by Crippen LogP contribution is 2.30. The molecule has 0 bridgehead atoms. The van der Waals surface area contributed by atoms with Crippen LogP contribution in [-0.2, 0) is 4.79 Å². The van der Waals surface area contributed by atoms with Crippen molar-refractivity contribution in [2.24, 2.45) is 0 Å². The quantitative estimate of drug-likeness (QED) is 0.710. The lowest BCUT2D eigenvalue weighted by Crippen LogP contribution is -2.48. The molecule has 0 heterocycles. The Kier molecular flexibility index (Phi) is 4.11. The third-order valence-corrected chi connectivity index (χ3v) is 3.36. The van der Waals surface area contributed by atoms with Crippen molar-refractivity contribution in [2.75, 3.05) is 20.6 Å². The van der Waals surface area contributed by atoms with Crippen LogP contribution in [0.1, 0.15) is 32.6 Å². The first-order valence-electron chi connectivity index (χ1n) is 5.63. The normalized spacial score (nSPS) is 21.7. The second-order valence-electron chi connectivity index (χ2n) is 4.64. The molecule has 0 saturated heterocycles. The monoisotopic (exact) mass is 214 g/mol. The highest BCUT2D eigenvalue weighted by atomic mass is 16.3. The molecule has 0 aromatic heterocycles. The molecule has 0 aliphatic heterocycles. The van der Waals surface area contributed by atoms with E-state index in [1.807, 2.05) is 18.9 Å². The summed E-state index contributed by atoms with van der Waals surface area (Å²) in [6, 6.07) is -0.181. The highest BCUT2D eigenvalue weighted by Gasteiger charge is 2.34. The molecule has 2 N–H and O–H groups in total. The zero-order chi connectivity index (χ0) is 11.5. The summed E-state index contributed by atoms with van der Waals surface area (Å²) < 4.78 is 0. The van der Waals surface area contributed by atoms with Crippen LogP contribution in [0.4, 0.5) is 0 Å². The van der Waals surface area contributed by atoms with Crippen LogP contribution in [0, 0.1) is 0 Å². The van der Waals surface area contributed by atoms with Crippen LogP contribution < -0.4 is 5.32 Å². The average molecular weight is 214 g/mol. The molecule has 1 fully saturated rings. The molecule has 15 heavy (non-hydrogen) atoms. The van der Waals surface area contributed by atoms with Gasteiger partial charge in [-0.05, 0) is 26.8 Å². The predicted molar refractivity (Wildman–Crippen MR) is 59.6 cm³/mol. The summed E-state index contributed by atoms with van der Waals surface area (Å²) in [6.45, 7) is 2.44. The minimum absolute atomic E-state index is 0.000836. The molecule has 0 spiro atoms. The van der Waals surface area contributed by atoms with Gasteiger partial charge in [0.15, 0.2) is 0 Å². The zero-order valence-corrected chi connectivity index (χ0v) is 9.92. The minimum Gasteiger partial charge on any atom is -0.389 e. The Morgan fingerprint density at radius 1 is 1.53 bits per heavy atom. The van der Waals surface area contributed by atoms with Crippen LogP contribution in [0.5, 0.6) is 0 Å². The van der Waals surface area contributed by atoms with Crippen molar-refractivity contribution in [3.05, 3.63) is 0 Å². The van der Waals surface area contributed by atoms with Crippen molar-refractivity contribution >= 4 is 5.91 Å². The van der Waals surface area contributed by atoms with Crippen LogP contribution >= 0.6 is 0 Å². The summed E-state index contributed by atoms with van der Waals surface area (Å²) in [5.41, 5.74) is -0.572. The van der Waals surface area contributed by atoms with E-state index in [4.69, 9.17) is 0 Å². The van der Waals surface area contributed by atoms with Crippen LogP contribution in [-0.4, -0.2) is 48.2 Å². The third-order valence-electron chi connectivity index (χ3n) is 3.36. The first-order chi connectivity index (χ1) is 6.98. The molecular weight excluding hydrogens is 192 g/mol. The van der Waals surface area contributed by atoms with E-state index in [1.54, 1.807) is 7.05 Å². The molecule has 1 amide bonds. The zero-order valence-electron chi connectivity index (χ0n) is 9.92. The molecule has 0 radical (unpaired) electrons. The summed E-state index contributed by atoms with van der Waals surface area (Å²) in [4.78, 5) is 13.3. The van der Waals surface area contributed by atoms with Gasteiger partial charge in [-0.15, -0.1) is 0 Å². The summed E-state index contributed by atoms with van der Waals surface area (Å²) in [5.74, 6) is -0.000836. The van der Waals surface area contributed by atoms with Gasteiger partial charge >= 0.3 is 0 Å². The van der Waals surface area contributed by atoms with Gasteiger partial charge in [0, 0.05) is 13.6 Å². The summed E-state index contributed by atoms with van der Waals surface area (Å²) in [6.07, 6.45) is 3.91. The van der Waals surface area contributed by atoms with Gasteiger partial charge in [0.05, 0.1) is 11.6 Å². The topological polar surface area (TPSA) is 52.6 Å². The van der Waals surface area contributed by atoms with Gasteiger partial charge < -0.3 is 10.4 Å². The lowest BCUT2D eigenvalue weighted by atomic mass is 10.0. The molecule has 1 atom stereocenters. The van der Waals surface area contributed by atoms with E-state index in [9.17, 15) is 9.90 Å². The highest BCUT2D eigenvalue weighted by molar-refractivity contribution is 5.80. The Labute approximate surface area is 91.6 Å². The molecule has 0 aromatic rings. The van der Waals surface area contributed by atoms with Crippen LogP contribution in [0.25, 0.3) is 0 Å². The van der Waals surface area contributed by atoms with E-state index in [1.165, 1.54) is 0 Å². The lowest BCUT2D eigenvalue weighted by molar-refractivity contribution is -0.126. The minimum atomic E-state index is -0.572. The summed E-state index contributed by atoms with van der Waals surface area (Å²) >= 11 is 0. The van der Waals surface area contributed by atoms with E-state index in [2.05, 4.69) is 5.32 Å². The van der Waals surface area contributed by atoms with Gasteiger partial charge in [0.1, 0.15) is 0 Å². The maximum atomic E-state index is 11.4. The van der Waals surface area contributed by atoms with E-state index < -0.39 is 5.60 Å². The Hall–Kier alpha value is -0.610. The van der Waals surface area contributed by atoms with Crippen LogP contribution in [0.2, 0.25) is 0 Å². The number of aliphatic hydroxyl groups is 1. The Morgan fingerprint density at radius 2 is 2.07 bits per heavy atom. The van der Waals surface area contributed by atoms with Gasteiger partial charge in [-0.25, -0.2) is 0 Å². The second-order valence-corrected chi connectivity index (χ2v) is 4.64. The van der Waals surface area contributed by atoms with Gasteiger partial charge in [-0.3, -0.25) is 9.69 Å². The van der Waals surface area contributed by atoms with Crippen molar-refractivity contribution in [3.63, 3.8) is 0 Å². The largest absolute Gasteiger partial charge is 0.389 e. The number of nitrogens with zero attached hydrogens (tertiary/aromatic N) is 1. The maximum absolute atomic E-state index is 11.4. The molecule has 1 unspecified atom stereocenters. The maximum Gasteiger partial charge on any atom is 0.236 e. The van der Waals surface area contributed by atoms with Crippen molar-refractivity contribution in [3.8, 4) is 0 Å². The first-order valence-corrected chi connectivity index (χ1v) is 5.63. The Balaban J connectivity index is 2.47. The number of carbonyl (C=O) groups excluding carboxylic acids is 1. The smallest absolute Gasteiger partial charge is 0.236 e. The fraction of sp³-hybridized carbons (Fsp3) is 0.909. The number of amides is 1. The SMILES string of the molecule is CNC(=O)C(C)N(C)CC1(O)CCCC1. The third kappa shape index (κ3) is 3.18. The Morgan fingerprint density at radius 3 is 2.53 bits per heavy atom. The van der Waals surface area contributed by atoms with Gasteiger partial charge in [0.2, 0.25) is 5.91 Å². The van der Waals surface area contributed by atoms with Gasteiger partial charge in [0.25, 0.3) is 0 Å². The van der Waals surface area contributed by atoms with Crippen molar-refractivity contribution in [1.82, 2.24) is 10.2 Å². The van der Waals surface area contributed by atoms with Crippen LogP contribution in [0.3, 0.4) is 0 Å². The number of carbonyl (C=O) groups is 1. The molecule has 88 valence electrons. The van der Waals surface area contributed by atoms with Crippen molar-refractivity contribution in [2.45, 2.75) is 44.2 Å². The number of hydrogen-bond donors (Lipinski definition) is 2. The standard InChI is InChI=1S/C11H22N2O2/c1-9(10(14)12-2)13(3)8-11(15)6-4-5-7-11/h9,15H,4-8H2,1-3H3,(H,12,14). The van der Waals surface area contributed by atoms with E-state index in [-0.39, 0.29) is 11.9 Å². The second kappa shape index (κ2) is 4.94. The number of nitrogens with one attached hydrogen (secondary N) is 1. The molecule has 0 aromatic carbocycles. The molecule has 4 heteroatoms. The summed E-state index contributed by atoms with van der Waals surface area (Å²) in [7, 11) is 3.52. The van der Waals surface area contributed by atoms with Gasteiger partial charge in [-0.2, -0.15) is 0 Å². The van der Waals surface area contributed by atoms with E-state index >= 15 is 0 Å². The lowest BCUT2D eigenvalue weighted by Gasteiger charge is -2.31. The number of rotatable bonds is 4. The fourth-order valence-corrected chi connectivity index (χ4v) is 2.20. The van der Waals surface area contributed by atoms with Gasteiger partial charge in [-0.1, -0.05) is 12.8 Å². The summed E-state index contributed by atoms with van der Waals surface area (Å²) in [5, 5.41) is 12.8. The average Bonchev–Trinajstić information content (AvgIpc) is 2.62. The Bertz CT molecular complexity index is 225. The van der Waals surface area contributed by atoms with Crippen molar-refractivity contribution in [1.29, 1.82) is 0 Å². The first kappa shape index (κ1) is 12.5. The van der Waals surface area contributed by atoms with E-state index in [0.29, 0.717) is 6.54 Å². The molecule has 1 saturated carbocycles. The molecular formula is C11H22N2O2. The molecule has 4 nitrogen and oxygen atoms in total. The fourth-order valence-electron chi connectivity index (χ4n) is 2.20. The number of hydrogen-bond acceptors (Lipinski definition) is 3. The number of likely N-dealkylation sites (N-methyl/N-ethyl adjacent to an activating group) is 2. The van der Waals surface area contributed by atoms with Crippen molar-refractivity contribution < 1.29 is 9.90 Å². The predicted octanol–water partition coefficient (Wildman–Crippen LogP) is 0.358. The van der Waals surface area contributed by atoms with Crippen LogP contribution in [0.15, 0.2) is 0 Å². The molecule has 1 rings (SSSR count). The van der Waals surface area contributed by atoms with E-state index in [0.717, 1.165) is 25.7 Å². The molecule has 1 aliphatic carbocycles.